The van der Waals surface area contributed by atoms with Crippen LogP contribution in [0.25, 0.3) is 21.3 Å². The Labute approximate surface area is 121 Å². The van der Waals surface area contributed by atoms with Crippen molar-refractivity contribution in [2.75, 3.05) is 7.11 Å². The van der Waals surface area contributed by atoms with Gasteiger partial charge in [0.05, 0.1) is 7.11 Å². The summed E-state index contributed by atoms with van der Waals surface area (Å²) in [7, 11) is 1.64. The lowest BCUT2D eigenvalue weighted by molar-refractivity contribution is 0.415. The maximum absolute atomic E-state index is 9.36. The number of nitrogens with zero attached hydrogens (tertiary/aromatic N) is 2. The minimum atomic E-state index is 0.697. The zero-order chi connectivity index (χ0) is 14.1. The number of rotatable bonds is 2. The summed E-state index contributed by atoms with van der Waals surface area (Å²) in [6.45, 7) is 1.96. The summed E-state index contributed by atoms with van der Waals surface area (Å²) < 4.78 is 5.17. The summed E-state index contributed by atoms with van der Waals surface area (Å²) in [5.41, 5.74) is 2.94. The third kappa shape index (κ3) is 2.02. The Balaban J connectivity index is 2.25. The number of hydrogen-bond donors (Lipinski definition) is 0. The van der Waals surface area contributed by atoms with Crippen LogP contribution in [0.15, 0.2) is 36.4 Å². The third-order valence-electron chi connectivity index (χ3n) is 3.17. The van der Waals surface area contributed by atoms with Crippen molar-refractivity contribution in [2.45, 2.75) is 6.92 Å². The lowest BCUT2D eigenvalue weighted by atomic mass is 10.0. The SMILES string of the molecule is COc1ccc(-c2c(C#N)sc3nc(C)ccc23)cc1. The predicted octanol–water partition coefficient (Wildman–Crippen LogP) is 4.15. The van der Waals surface area contributed by atoms with E-state index < -0.39 is 0 Å². The molecule has 2 heterocycles. The van der Waals surface area contributed by atoms with Crippen molar-refractivity contribution in [1.82, 2.24) is 4.98 Å². The zero-order valence-electron chi connectivity index (χ0n) is 11.2. The van der Waals surface area contributed by atoms with Crippen molar-refractivity contribution in [2.24, 2.45) is 0 Å². The van der Waals surface area contributed by atoms with Crippen LogP contribution in [0.5, 0.6) is 5.75 Å². The number of aromatic nitrogens is 1. The van der Waals surface area contributed by atoms with E-state index in [2.05, 4.69) is 11.1 Å². The van der Waals surface area contributed by atoms with E-state index in [0.717, 1.165) is 32.8 Å². The number of nitriles is 1. The standard InChI is InChI=1S/C16H12N2OS/c1-10-3-8-13-15(14(9-17)20-16(13)18-10)11-4-6-12(19-2)7-5-11/h3-8H,1-2H3. The largest absolute Gasteiger partial charge is 0.497 e. The van der Waals surface area contributed by atoms with E-state index in [9.17, 15) is 5.26 Å². The van der Waals surface area contributed by atoms with Crippen LogP contribution in [0.4, 0.5) is 0 Å². The van der Waals surface area contributed by atoms with Gasteiger partial charge in [-0.05, 0) is 36.8 Å². The van der Waals surface area contributed by atoms with Crippen molar-refractivity contribution in [3.63, 3.8) is 0 Å². The number of pyridine rings is 1. The fourth-order valence-corrected chi connectivity index (χ4v) is 3.23. The number of hydrogen-bond acceptors (Lipinski definition) is 4. The highest BCUT2D eigenvalue weighted by Gasteiger charge is 2.14. The minimum absolute atomic E-state index is 0.697. The van der Waals surface area contributed by atoms with E-state index in [-0.39, 0.29) is 0 Å². The molecule has 0 N–H and O–H groups in total. The van der Waals surface area contributed by atoms with Crippen molar-refractivity contribution in [1.29, 1.82) is 5.26 Å². The van der Waals surface area contributed by atoms with Crippen molar-refractivity contribution in [3.8, 4) is 22.9 Å². The van der Waals surface area contributed by atoms with Gasteiger partial charge in [0.25, 0.3) is 0 Å². The molecule has 0 amide bonds. The molecule has 0 unspecified atom stereocenters. The first-order chi connectivity index (χ1) is 9.72. The van der Waals surface area contributed by atoms with Gasteiger partial charge in [-0.15, -0.1) is 11.3 Å². The third-order valence-corrected chi connectivity index (χ3v) is 4.18. The molecule has 0 aliphatic heterocycles. The minimum Gasteiger partial charge on any atom is -0.497 e. The molecule has 3 nitrogen and oxygen atoms in total. The van der Waals surface area contributed by atoms with Crippen LogP contribution in [0.1, 0.15) is 10.6 Å². The molecule has 98 valence electrons. The summed E-state index contributed by atoms with van der Waals surface area (Å²) in [6, 6.07) is 14.0. The molecule has 0 bridgehead atoms. The summed E-state index contributed by atoms with van der Waals surface area (Å²) in [6.07, 6.45) is 0. The van der Waals surface area contributed by atoms with E-state index in [0.29, 0.717) is 4.88 Å². The lowest BCUT2D eigenvalue weighted by Gasteiger charge is -2.03. The highest BCUT2D eigenvalue weighted by atomic mass is 32.1. The maximum Gasteiger partial charge on any atom is 0.125 e. The first-order valence-electron chi connectivity index (χ1n) is 6.17. The van der Waals surface area contributed by atoms with Crippen LogP contribution in [-0.2, 0) is 0 Å². The maximum atomic E-state index is 9.36. The van der Waals surface area contributed by atoms with Crippen LogP contribution in [0, 0.1) is 18.3 Å². The van der Waals surface area contributed by atoms with Gasteiger partial charge in [0.2, 0.25) is 0 Å². The normalized spacial score (nSPS) is 10.4. The molecule has 20 heavy (non-hydrogen) atoms. The summed E-state index contributed by atoms with van der Waals surface area (Å²) in [5.74, 6) is 0.806. The molecular formula is C16H12N2OS. The second-order valence-electron chi connectivity index (χ2n) is 4.45. The van der Waals surface area contributed by atoms with Crippen LogP contribution >= 0.6 is 11.3 Å². The molecule has 0 atom stereocenters. The van der Waals surface area contributed by atoms with Crippen LogP contribution in [0.3, 0.4) is 0 Å². The quantitative estimate of drug-likeness (QED) is 0.708. The van der Waals surface area contributed by atoms with E-state index >= 15 is 0 Å². The Bertz CT molecular complexity index is 813. The Kier molecular flexibility index (Phi) is 3.13. The topological polar surface area (TPSA) is 45.9 Å². The van der Waals surface area contributed by atoms with Gasteiger partial charge in [-0.3, -0.25) is 0 Å². The highest BCUT2D eigenvalue weighted by Crippen LogP contribution is 2.38. The summed E-state index contributed by atoms with van der Waals surface area (Å²) in [5, 5.41) is 10.4. The molecule has 0 saturated heterocycles. The van der Waals surface area contributed by atoms with E-state index in [1.807, 2.05) is 43.3 Å². The van der Waals surface area contributed by atoms with Gasteiger partial charge < -0.3 is 4.74 Å². The zero-order valence-corrected chi connectivity index (χ0v) is 12.0. The monoisotopic (exact) mass is 280 g/mol. The average Bonchev–Trinajstić information content (AvgIpc) is 2.84. The number of thiophene rings is 1. The first kappa shape index (κ1) is 12.6. The van der Waals surface area contributed by atoms with Gasteiger partial charge in [-0.1, -0.05) is 12.1 Å². The smallest absolute Gasteiger partial charge is 0.125 e. The van der Waals surface area contributed by atoms with Crippen LogP contribution in [0.2, 0.25) is 0 Å². The van der Waals surface area contributed by atoms with E-state index in [4.69, 9.17) is 4.74 Å². The van der Waals surface area contributed by atoms with Gasteiger partial charge in [0, 0.05) is 16.6 Å². The number of benzene rings is 1. The molecule has 3 rings (SSSR count). The van der Waals surface area contributed by atoms with Crippen molar-refractivity contribution in [3.05, 3.63) is 47.0 Å². The second-order valence-corrected chi connectivity index (χ2v) is 5.45. The Hall–Kier alpha value is -2.38. The number of aryl methyl sites for hydroxylation is 1. The predicted molar refractivity (Wildman–Crippen MR) is 81.1 cm³/mol. The highest BCUT2D eigenvalue weighted by molar-refractivity contribution is 7.19. The number of methoxy groups -OCH3 is 1. The average molecular weight is 280 g/mol. The van der Waals surface area contributed by atoms with Crippen LogP contribution < -0.4 is 4.74 Å². The molecule has 1 aromatic carbocycles. The van der Waals surface area contributed by atoms with Crippen molar-refractivity contribution >= 4 is 21.6 Å². The second kappa shape index (κ2) is 4.95. The summed E-state index contributed by atoms with van der Waals surface area (Å²) in [4.78, 5) is 6.11. The fourth-order valence-electron chi connectivity index (χ4n) is 2.19. The molecule has 0 aliphatic rings. The van der Waals surface area contributed by atoms with E-state index in [1.165, 1.54) is 11.3 Å². The molecule has 0 fully saturated rings. The molecule has 0 radical (unpaired) electrons. The summed E-state index contributed by atoms with van der Waals surface area (Å²) >= 11 is 1.44. The number of ether oxygens (including phenoxy) is 1. The fraction of sp³-hybridized carbons (Fsp3) is 0.125. The van der Waals surface area contributed by atoms with Gasteiger partial charge in [-0.25, -0.2) is 4.98 Å². The molecule has 0 saturated carbocycles. The van der Waals surface area contributed by atoms with E-state index in [1.54, 1.807) is 7.11 Å². The Morgan fingerprint density at radius 2 is 1.90 bits per heavy atom. The van der Waals surface area contributed by atoms with Crippen LogP contribution in [-0.4, -0.2) is 12.1 Å². The van der Waals surface area contributed by atoms with Crippen molar-refractivity contribution < 1.29 is 4.74 Å². The van der Waals surface area contributed by atoms with Gasteiger partial charge in [0.1, 0.15) is 21.5 Å². The van der Waals surface area contributed by atoms with Gasteiger partial charge in [-0.2, -0.15) is 5.26 Å². The molecule has 3 aromatic rings. The molecular weight excluding hydrogens is 268 g/mol. The van der Waals surface area contributed by atoms with Gasteiger partial charge in [0.15, 0.2) is 0 Å². The Morgan fingerprint density at radius 3 is 2.55 bits per heavy atom. The first-order valence-corrected chi connectivity index (χ1v) is 6.99. The molecule has 0 spiro atoms. The lowest BCUT2D eigenvalue weighted by Crippen LogP contribution is -1.84. The Morgan fingerprint density at radius 1 is 1.15 bits per heavy atom. The van der Waals surface area contributed by atoms with Gasteiger partial charge >= 0.3 is 0 Å². The molecule has 4 heteroatoms. The number of fused-ring (bicyclic) bond motifs is 1. The molecule has 2 aromatic heterocycles. The molecule has 0 aliphatic carbocycles.